The molecule has 0 aliphatic carbocycles. The van der Waals surface area contributed by atoms with Gasteiger partial charge in [-0.05, 0) is 34.9 Å². The van der Waals surface area contributed by atoms with Gasteiger partial charge in [0.2, 0.25) is 0 Å². The summed E-state index contributed by atoms with van der Waals surface area (Å²) in [6, 6.07) is -0.570. The summed E-state index contributed by atoms with van der Waals surface area (Å²) in [5.74, 6) is -0.853. The molecule has 4 nitrogen and oxygen atoms in total. The van der Waals surface area contributed by atoms with Crippen molar-refractivity contribution in [3.05, 3.63) is 0 Å². The monoisotopic (exact) mass is 189 g/mol. The molecule has 1 atom stereocenters. The summed E-state index contributed by atoms with van der Waals surface area (Å²) in [5, 5.41) is 8.82. The Bertz CT molecular complexity index is 172. The minimum atomic E-state index is -0.853. The Hall–Kier alpha value is -0.610. The maximum absolute atomic E-state index is 10.7. The lowest BCUT2D eigenvalue weighted by Crippen LogP contribution is -2.41. The van der Waals surface area contributed by atoms with Crippen molar-refractivity contribution in [1.82, 2.24) is 4.90 Å². The maximum Gasteiger partial charge on any atom is 0.323 e. The van der Waals surface area contributed by atoms with Crippen LogP contribution in [-0.4, -0.2) is 48.3 Å². The molecule has 0 aliphatic rings. The highest BCUT2D eigenvalue weighted by Gasteiger charge is 2.22. The molecule has 0 unspecified atom stereocenters. The van der Waals surface area contributed by atoms with Gasteiger partial charge in [-0.25, -0.2) is 0 Å². The first-order valence-corrected chi connectivity index (χ1v) is 4.27. The van der Waals surface area contributed by atoms with Crippen LogP contribution in [0.4, 0.5) is 0 Å². The molecule has 1 N–H and O–H groups in total. The van der Waals surface area contributed by atoms with Gasteiger partial charge in [0, 0.05) is 0 Å². The molecule has 0 fully saturated rings. The Labute approximate surface area is 79.5 Å². The third-order valence-electron chi connectivity index (χ3n) is 1.58. The summed E-state index contributed by atoms with van der Waals surface area (Å²) >= 11 is 0. The zero-order valence-electron chi connectivity index (χ0n) is 9.00. The van der Waals surface area contributed by atoms with E-state index in [-0.39, 0.29) is 12.2 Å². The van der Waals surface area contributed by atoms with Crippen LogP contribution in [0.2, 0.25) is 0 Å². The van der Waals surface area contributed by atoms with Gasteiger partial charge in [-0.15, -0.1) is 0 Å². The van der Waals surface area contributed by atoms with Crippen LogP contribution in [0, 0.1) is 0 Å². The normalized spacial score (nSPS) is 14.6. The number of hydrogen-bond donors (Lipinski definition) is 1. The van der Waals surface area contributed by atoms with E-state index >= 15 is 0 Å². The fourth-order valence-corrected chi connectivity index (χ4v) is 0.770. The molecular weight excluding hydrogens is 170 g/mol. The summed E-state index contributed by atoms with van der Waals surface area (Å²) < 4.78 is 5.39. The van der Waals surface area contributed by atoms with Crippen molar-refractivity contribution in [2.24, 2.45) is 0 Å². The van der Waals surface area contributed by atoms with Crippen molar-refractivity contribution in [2.45, 2.75) is 32.4 Å². The van der Waals surface area contributed by atoms with E-state index in [2.05, 4.69) is 0 Å². The van der Waals surface area contributed by atoms with E-state index in [9.17, 15) is 4.79 Å². The minimum Gasteiger partial charge on any atom is -0.480 e. The van der Waals surface area contributed by atoms with Crippen molar-refractivity contribution in [3.8, 4) is 0 Å². The molecule has 0 aromatic heterocycles. The summed E-state index contributed by atoms with van der Waals surface area (Å²) in [6.07, 6.45) is 0. The highest BCUT2D eigenvalue weighted by atomic mass is 16.5. The molecule has 4 heteroatoms. The van der Waals surface area contributed by atoms with Crippen LogP contribution < -0.4 is 0 Å². The van der Waals surface area contributed by atoms with Crippen molar-refractivity contribution in [1.29, 1.82) is 0 Å². The first kappa shape index (κ1) is 12.4. The first-order valence-electron chi connectivity index (χ1n) is 4.27. The molecule has 0 spiro atoms. The average molecular weight is 189 g/mol. The van der Waals surface area contributed by atoms with Crippen LogP contribution >= 0.6 is 0 Å². The Morgan fingerprint density at radius 1 is 1.46 bits per heavy atom. The molecule has 13 heavy (non-hydrogen) atoms. The van der Waals surface area contributed by atoms with Gasteiger partial charge in [0.1, 0.15) is 6.04 Å². The van der Waals surface area contributed by atoms with E-state index in [1.54, 1.807) is 19.0 Å². The molecule has 0 saturated carbocycles. The van der Waals surface area contributed by atoms with Gasteiger partial charge in [-0.3, -0.25) is 9.69 Å². The number of hydrogen-bond acceptors (Lipinski definition) is 3. The van der Waals surface area contributed by atoms with Crippen LogP contribution in [0.25, 0.3) is 0 Å². The second-order valence-electron chi connectivity index (χ2n) is 4.24. The standard InChI is InChI=1S/C9H19NO3/c1-9(2,3)13-6-7(8(11)12)10(4)5/h7H,6H2,1-5H3,(H,11,12)/t7-/m1/s1. The fraction of sp³-hybridized carbons (Fsp3) is 0.889. The summed E-state index contributed by atoms with van der Waals surface area (Å²) in [7, 11) is 3.45. The largest absolute Gasteiger partial charge is 0.480 e. The lowest BCUT2D eigenvalue weighted by atomic mass is 10.2. The molecule has 0 bridgehead atoms. The highest BCUT2D eigenvalue weighted by molar-refractivity contribution is 5.73. The van der Waals surface area contributed by atoms with Gasteiger partial charge < -0.3 is 9.84 Å². The fourth-order valence-electron chi connectivity index (χ4n) is 0.770. The third kappa shape index (κ3) is 5.60. The number of aliphatic carboxylic acids is 1. The van der Waals surface area contributed by atoms with E-state index in [1.807, 2.05) is 20.8 Å². The Kier molecular flexibility index (Phi) is 4.36. The number of rotatable bonds is 4. The van der Waals surface area contributed by atoms with Crippen LogP contribution in [-0.2, 0) is 9.53 Å². The molecule has 0 aromatic carbocycles. The van der Waals surface area contributed by atoms with Gasteiger partial charge in [-0.2, -0.15) is 0 Å². The quantitative estimate of drug-likeness (QED) is 0.711. The van der Waals surface area contributed by atoms with E-state index in [1.165, 1.54) is 0 Å². The zero-order valence-corrected chi connectivity index (χ0v) is 9.00. The number of carboxylic acid groups (broad SMARTS) is 1. The lowest BCUT2D eigenvalue weighted by Gasteiger charge is -2.25. The number of carbonyl (C=O) groups is 1. The van der Waals surface area contributed by atoms with Crippen molar-refractivity contribution < 1.29 is 14.6 Å². The Morgan fingerprint density at radius 2 is 1.92 bits per heavy atom. The van der Waals surface area contributed by atoms with Gasteiger partial charge in [-0.1, -0.05) is 0 Å². The van der Waals surface area contributed by atoms with Crippen molar-refractivity contribution >= 4 is 5.97 Å². The molecule has 0 rings (SSSR count). The lowest BCUT2D eigenvalue weighted by molar-refractivity contribution is -0.146. The third-order valence-corrected chi connectivity index (χ3v) is 1.58. The predicted octanol–water partition coefficient (Wildman–Crippen LogP) is 0.816. The van der Waals surface area contributed by atoms with E-state index in [4.69, 9.17) is 9.84 Å². The van der Waals surface area contributed by atoms with Gasteiger partial charge in [0.05, 0.1) is 12.2 Å². The van der Waals surface area contributed by atoms with Crippen LogP contribution in [0.1, 0.15) is 20.8 Å². The van der Waals surface area contributed by atoms with Gasteiger partial charge in [0.15, 0.2) is 0 Å². The summed E-state index contributed by atoms with van der Waals surface area (Å²) in [6.45, 7) is 5.93. The second kappa shape index (κ2) is 4.58. The van der Waals surface area contributed by atoms with Crippen molar-refractivity contribution in [2.75, 3.05) is 20.7 Å². The van der Waals surface area contributed by atoms with Crippen molar-refractivity contribution in [3.63, 3.8) is 0 Å². The molecule has 0 heterocycles. The minimum absolute atomic E-state index is 0.214. The molecule has 0 aliphatic heterocycles. The number of carboxylic acids is 1. The van der Waals surface area contributed by atoms with Crippen LogP contribution in [0.3, 0.4) is 0 Å². The molecule has 78 valence electrons. The van der Waals surface area contributed by atoms with Gasteiger partial charge >= 0.3 is 5.97 Å². The summed E-state index contributed by atoms with van der Waals surface area (Å²) in [4.78, 5) is 12.4. The van der Waals surface area contributed by atoms with E-state index in [0.717, 1.165) is 0 Å². The maximum atomic E-state index is 10.7. The summed E-state index contributed by atoms with van der Waals surface area (Å²) in [5.41, 5.74) is -0.288. The molecule has 0 saturated heterocycles. The first-order chi connectivity index (χ1) is 5.74. The molecule has 0 aromatic rings. The smallest absolute Gasteiger partial charge is 0.323 e. The second-order valence-corrected chi connectivity index (χ2v) is 4.24. The highest BCUT2D eigenvalue weighted by Crippen LogP contribution is 2.08. The van der Waals surface area contributed by atoms with E-state index in [0.29, 0.717) is 0 Å². The average Bonchev–Trinajstić information content (AvgIpc) is 1.82. The zero-order chi connectivity index (χ0) is 10.6. The van der Waals surface area contributed by atoms with Crippen LogP contribution in [0.15, 0.2) is 0 Å². The predicted molar refractivity (Wildman–Crippen MR) is 50.8 cm³/mol. The van der Waals surface area contributed by atoms with E-state index < -0.39 is 12.0 Å². The number of likely N-dealkylation sites (N-methyl/N-ethyl adjacent to an activating group) is 1. The number of nitrogens with zero attached hydrogens (tertiary/aromatic N) is 1. The molecular formula is C9H19NO3. The topological polar surface area (TPSA) is 49.8 Å². The number of ether oxygens (including phenoxy) is 1. The molecule has 0 radical (unpaired) electrons. The Morgan fingerprint density at radius 3 is 2.15 bits per heavy atom. The van der Waals surface area contributed by atoms with Crippen LogP contribution in [0.5, 0.6) is 0 Å². The molecule has 0 amide bonds. The Balaban J connectivity index is 4.06. The van der Waals surface area contributed by atoms with Gasteiger partial charge in [0.25, 0.3) is 0 Å². The SMILES string of the molecule is CN(C)[C@H](COC(C)(C)C)C(=O)O.